The molecule has 3 heteroatoms. The first-order valence-electron chi connectivity index (χ1n) is 6.88. The summed E-state index contributed by atoms with van der Waals surface area (Å²) in [7, 11) is 0. The molecule has 2 aliphatic heterocycles. The van der Waals surface area contributed by atoms with Crippen LogP contribution in [0.5, 0.6) is 0 Å². The summed E-state index contributed by atoms with van der Waals surface area (Å²) in [5, 5.41) is 3.39. The van der Waals surface area contributed by atoms with Crippen LogP contribution < -0.4 is 5.32 Å². The molecule has 2 unspecified atom stereocenters. The number of benzene rings is 1. The highest BCUT2D eigenvalue weighted by atomic mass is 16.2. The molecule has 18 heavy (non-hydrogen) atoms. The van der Waals surface area contributed by atoms with Crippen molar-refractivity contribution < 1.29 is 4.79 Å². The van der Waals surface area contributed by atoms with Gasteiger partial charge in [0.1, 0.15) is 0 Å². The minimum absolute atomic E-state index is 0.323. The molecule has 3 nitrogen and oxygen atoms in total. The van der Waals surface area contributed by atoms with Crippen LogP contribution in [0.3, 0.4) is 0 Å². The highest BCUT2D eigenvalue weighted by molar-refractivity contribution is 5.79. The zero-order valence-electron chi connectivity index (χ0n) is 10.9. The Morgan fingerprint density at radius 3 is 3.06 bits per heavy atom. The molecule has 1 aromatic carbocycles. The molecule has 0 radical (unpaired) electrons. The van der Waals surface area contributed by atoms with Gasteiger partial charge in [-0.1, -0.05) is 18.2 Å². The number of anilines is 1. The molecule has 0 spiro atoms. The van der Waals surface area contributed by atoms with Crippen molar-refractivity contribution in [3.63, 3.8) is 0 Å². The Bertz CT molecular complexity index is 458. The predicted molar refractivity (Wildman–Crippen MR) is 72.7 cm³/mol. The number of fused-ring (bicyclic) bond motifs is 1. The first-order chi connectivity index (χ1) is 8.75. The molecule has 1 amide bonds. The first kappa shape index (κ1) is 11.6. The van der Waals surface area contributed by atoms with Gasteiger partial charge in [0, 0.05) is 37.2 Å². The summed E-state index contributed by atoms with van der Waals surface area (Å²) in [4.78, 5) is 14.4. The number of hydrogen-bond donors (Lipinski definition) is 1. The third-order valence-electron chi connectivity index (χ3n) is 4.23. The number of hydrogen-bond acceptors (Lipinski definition) is 2. The standard InChI is InChI=1S/C15H20N2O/c1-11-5-4-8-17(11)15(18)9-12-10-16-14-7-3-2-6-13(12)14/h2-3,6-7,11-12,16H,4-5,8-10H2,1H3. The fraction of sp³-hybridized carbons (Fsp3) is 0.533. The fourth-order valence-corrected chi connectivity index (χ4v) is 3.17. The largest absolute Gasteiger partial charge is 0.384 e. The van der Waals surface area contributed by atoms with Crippen molar-refractivity contribution in [3.05, 3.63) is 29.8 Å². The third-order valence-corrected chi connectivity index (χ3v) is 4.23. The van der Waals surface area contributed by atoms with Crippen molar-refractivity contribution >= 4 is 11.6 Å². The Hall–Kier alpha value is -1.51. The Morgan fingerprint density at radius 1 is 1.44 bits per heavy atom. The molecule has 2 aliphatic rings. The summed E-state index contributed by atoms with van der Waals surface area (Å²) >= 11 is 0. The van der Waals surface area contributed by atoms with Crippen molar-refractivity contribution in [2.75, 3.05) is 18.4 Å². The van der Waals surface area contributed by atoms with E-state index in [0.717, 1.165) is 25.9 Å². The van der Waals surface area contributed by atoms with Gasteiger partial charge in [0.05, 0.1) is 0 Å². The van der Waals surface area contributed by atoms with Gasteiger partial charge in [-0.25, -0.2) is 0 Å². The summed E-state index contributed by atoms with van der Waals surface area (Å²) in [6, 6.07) is 8.77. The molecule has 96 valence electrons. The molecule has 0 saturated carbocycles. The molecule has 2 atom stereocenters. The maximum Gasteiger partial charge on any atom is 0.223 e. The highest BCUT2D eigenvalue weighted by Gasteiger charge is 2.29. The van der Waals surface area contributed by atoms with Crippen LogP contribution in [-0.2, 0) is 4.79 Å². The Balaban J connectivity index is 1.69. The second-order valence-corrected chi connectivity index (χ2v) is 5.45. The van der Waals surface area contributed by atoms with Gasteiger partial charge in [-0.05, 0) is 31.4 Å². The second kappa shape index (κ2) is 4.63. The SMILES string of the molecule is CC1CCCN1C(=O)CC1CNc2ccccc21. The average Bonchev–Trinajstić information content (AvgIpc) is 2.97. The number of carbonyl (C=O) groups excluding carboxylic acids is 1. The van der Waals surface area contributed by atoms with E-state index in [2.05, 4.69) is 35.3 Å². The molecule has 1 aromatic rings. The van der Waals surface area contributed by atoms with E-state index in [1.807, 2.05) is 6.07 Å². The van der Waals surface area contributed by atoms with Gasteiger partial charge in [0.15, 0.2) is 0 Å². The van der Waals surface area contributed by atoms with Crippen LogP contribution in [0.15, 0.2) is 24.3 Å². The molecule has 1 fully saturated rings. The van der Waals surface area contributed by atoms with Crippen LogP contribution in [-0.4, -0.2) is 29.9 Å². The van der Waals surface area contributed by atoms with Crippen LogP contribution >= 0.6 is 0 Å². The number of carbonyl (C=O) groups is 1. The lowest BCUT2D eigenvalue weighted by Crippen LogP contribution is -2.34. The second-order valence-electron chi connectivity index (χ2n) is 5.45. The van der Waals surface area contributed by atoms with E-state index in [0.29, 0.717) is 24.3 Å². The van der Waals surface area contributed by atoms with Crippen LogP contribution in [0, 0.1) is 0 Å². The number of rotatable bonds is 2. The summed E-state index contributed by atoms with van der Waals surface area (Å²) in [5.74, 6) is 0.671. The van der Waals surface area contributed by atoms with Crippen LogP contribution in [0.4, 0.5) is 5.69 Å². The average molecular weight is 244 g/mol. The number of likely N-dealkylation sites (tertiary alicyclic amines) is 1. The topological polar surface area (TPSA) is 32.3 Å². The molecule has 0 bridgehead atoms. The molecule has 1 saturated heterocycles. The van der Waals surface area contributed by atoms with Gasteiger partial charge in [-0.2, -0.15) is 0 Å². The lowest BCUT2D eigenvalue weighted by atomic mass is 9.97. The summed E-state index contributed by atoms with van der Waals surface area (Å²) in [6.07, 6.45) is 2.96. The van der Waals surface area contributed by atoms with Gasteiger partial charge in [0.25, 0.3) is 0 Å². The summed E-state index contributed by atoms with van der Waals surface area (Å²) < 4.78 is 0. The van der Waals surface area contributed by atoms with Crippen molar-refractivity contribution in [2.45, 2.75) is 38.1 Å². The maximum atomic E-state index is 12.3. The molecule has 2 heterocycles. The Kier molecular flexibility index (Phi) is 2.98. The molecule has 0 aliphatic carbocycles. The predicted octanol–water partition coefficient (Wildman–Crippen LogP) is 2.60. The smallest absolute Gasteiger partial charge is 0.223 e. The Morgan fingerprint density at radius 2 is 2.28 bits per heavy atom. The lowest BCUT2D eigenvalue weighted by Gasteiger charge is -2.23. The molecule has 1 N–H and O–H groups in total. The van der Waals surface area contributed by atoms with Crippen LogP contribution in [0.2, 0.25) is 0 Å². The van der Waals surface area contributed by atoms with Crippen molar-refractivity contribution in [3.8, 4) is 0 Å². The molecule has 0 aromatic heterocycles. The van der Waals surface area contributed by atoms with Gasteiger partial charge >= 0.3 is 0 Å². The fourth-order valence-electron chi connectivity index (χ4n) is 3.17. The van der Waals surface area contributed by atoms with E-state index in [1.54, 1.807) is 0 Å². The maximum absolute atomic E-state index is 12.3. The highest BCUT2D eigenvalue weighted by Crippen LogP contribution is 2.34. The van der Waals surface area contributed by atoms with Crippen molar-refractivity contribution in [1.82, 2.24) is 4.90 Å². The minimum atomic E-state index is 0.323. The van der Waals surface area contributed by atoms with Crippen LogP contribution in [0.1, 0.15) is 37.7 Å². The van der Waals surface area contributed by atoms with E-state index in [4.69, 9.17) is 0 Å². The third kappa shape index (κ3) is 1.98. The van der Waals surface area contributed by atoms with Gasteiger partial charge < -0.3 is 10.2 Å². The normalized spacial score (nSPS) is 25.9. The molecular weight excluding hydrogens is 224 g/mol. The number of nitrogens with one attached hydrogen (secondary N) is 1. The monoisotopic (exact) mass is 244 g/mol. The van der Waals surface area contributed by atoms with E-state index in [1.165, 1.54) is 11.3 Å². The zero-order valence-corrected chi connectivity index (χ0v) is 10.9. The van der Waals surface area contributed by atoms with Crippen molar-refractivity contribution in [1.29, 1.82) is 0 Å². The first-order valence-corrected chi connectivity index (χ1v) is 6.88. The van der Waals surface area contributed by atoms with E-state index >= 15 is 0 Å². The number of nitrogens with zero attached hydrogens (tertiary/aromatic N) is 1. The zero-order chi connectivity index (χ0) is 12.5. The van der Waals surface area contributed by atoms with Gasteiger partial charge in [0.2, 0.25) is 5.91 Å². The van der Waals surface area contributed by atoms with E-state index in [9.17, 15) is 4.79 Å². The van der Waals surface area contributed by atoms with Gasteiger partial charge in [-0.3, -0.25) is 4.79 Å². The number of amides is 1. The van der Waals surface area contributed by atoms with E-state index in [-0.39, 0.29) is 0 Å². The van der Waals surface area contributed by atoms with E-state index < -0.39 is 0 Å². The van der Waals surface area contributed by atoms with Crippen molar-refractivity contribution in [2.24, 2.45) is 0 Å². The van der Waals surface area contributed by atoms with Crippen LogP contribution in [0.25, 0.3) is 0 Å². The molecule has 3 rings (SSSR count). The summed E-state index contributed by atoms with van der Waals surface area (Å²) in [6.45, 7) is 4.00. The minimum Gasteiger partial charge on any atom is -0.384 e. The lowest BCUT2D eigenvalue weighted by molar-refractivity contribution is -0.132. The van der Waals surface area contributed by atoms with Gasteiger partial charge in [-0.15, -0.1) is 0 Å². The summed E-state index contributed by atoms with van der Waals surface area (Å²) in [5.41, 5.74) is 2.50. The molecular formula is C15H20N2O. The number of para-hydroxylation sites is 1. The quantitative estimate of drug-likeness (QED) is 0.867. The Labute approximate surface area is 108 Å².